The van der Waals surface area contributed by atoms with Gasteiger partial charge in [0.05, 0.1) is 0 Å². The molecule has 2 rings (SSSR count). The lowest BCUT2D eigenvalue weighted by molar-refractivity contribution is 0.598. The summed E-state index contributed by atoms with van der Waals surface area (Å²) in [7, 11) is 1.85. The van der Waals surface area contributed by atoms with Crippen LogP contribution in [0.5, 0.6) is 0 Å². The van der Waals surface area contributed by atoms with Crippen LogP contribution in [0.15, 0.2) is 18.2 Å². The molecule has 0 amide bonds. The Hall–Kier alpha value is -0.740. The van der Waals surface area contributed by atoms with Gasteiger partial charge in [-0.3, -0.25) is 0 Å². The molecule has 1 fully saturated rings. The number of nitrogens with zero attached hydrogens (tertiary/aromatic N) is 1. The summed E-state index contributed by atoms with van der Waals surface area (Å²) in [6, 6.07) is 5.37. The molecule has 1 saturated heterocycles. The summed E-state index contributed by atoms with van der Waals surface area (Å²) in [4.78, 5) is 2.30. The lowest BCUT2D eigenvalue weighted by Crippen LogP contribution is -2.37. The Morgan fingerprint density at radius 1 is 1.53 bits per heavy atom. The van der Waals surface area contributed by atoms with Crippen molar-refractivity contribution in [2.75, 3.05) is 30.8 Å². The van der Waals surface area contributed by atoms with Crippen molar-refractivity contribution < 1.29 is 4.39 Å². The summed E-state index contributed by atoms with van der Waals surface area (Å²) in [5.41, 5.74) is 1.83. The van der Waals surface area contributed by atoms with E-state index in [-0.39, 0.29) is 5.82 Å². The van der Waals surface area contributed by atoms with Crippen molar-refractivity contribution in [3.05, 3.63) is 29.6 Å². The van der Waals surface area contributed by atoms with Crippen molar-refractivity contribution >= 4 is 17.4 Å². The number of benzene rings is 1. The van der Waals surface area contributed by atoms with Gasteiger partial charge in [-0.2, -0.15) is 11.8 Å². The zero-order valence-corrected chi connectivity index (χ0v) is 11.2. The fourth-order valence-electron chi connectivity index (χ4n) is 2.23. The van der Waals surface area contributed by atoms with E-state index < -0.39 is 0 Å². The van der Waals surface area contributed by atoms with E-state index in [0.717, 1.165) is 30.1 Å². The Morgan fingerprint density at radius 2 is 2.35 bits per heavy atom. The highest BCUT2D eigenvalue weighted by molar-refractivity contribution is 8.00. The highest BCUT2D eigenvalue weighted by Gasteiger charge is 2.20. The van der Waals surface area contributed by atoms with Gasteiger partial charge in [0, 0.05) is 41.9 Å². The summed E-state index contributed by atoms with van der Waals surface area (Å²) in [5, 5.41) is 3.66. The first-order valence-electron chi connectivity index (χ1n) is 6.01. The molecule has 2 nitrogen and oxygen atoms in total. The van der Waals surface area contributed by atoms with Crippen molar-refractivity contribution in [3.8, 4) is 0 Å². The topological polar surface area (TPSA) is 15.3 Å². The average Bonchev–Trinajstić information content (AvgIpc) is 2.32. The van der Waals surface area contributed by atoms with Crippen LogP contribution in [0.25, 0.3) is 0 Å². The summed E-state index contributed by atoms with van der Waals surface area (Å²) >= 11 is 1.99. The van der Waals surface area contributed by atoms with E-state index in [1.807, 2.05) is 24.9 Å². The van der Waals surface area contributed by atoms with Crippen molar-refractivity contribution in [3.63, 3.8) is 0 Å². The predicted molar refractivity (Wildman–Crippen MR) is 73.3 cm³/mol. The van der Waals surface area contributed by atoms with Crippen LogP contribution in [-0.4, -0.2) is 31.1 Å². The van der Waals surface area contributed by atoms with Crippen molar-refractivity contribution in [1.29, 1.82) is 0 Å². The number of hydrogen-bond donors (Lipinski definition) is 1. The Balaban J connectivity index is 2.27. The Morgan fingerprint density at radius 3 is 3.06 bits per heavy atom. The van der Waals surface area contributed by atoms with Crippen LogP contribution in [0.2, 0.25) is 0 Å². The van der Waals surface area contributed by atoms with Gasteiger partial charge < -0.3 is 10.2 Å². The minimum atomic E-state index is -0.109. The molecule has 4 heteroatoms. The number of rotatable bonds is 3. The Labute approximate surface area is 107 Å². The zero-order valence-electron chi connectivity index (χ0n) is 10.4. The molecule has 0 aliphatic carbocycles. The maximum Gasteiger partial charge on any atom is 0.129 e. The molecule has 0 radical (unpaired) electrons. The van der Waals surface area contributed by atoms with Crippen LogP contribution in [0.3, 0.4) is 0 Å². The average molecular weight is 254 g/mol. The number of anilines is 1. The fourth-order valence-corrected chi connectivity index (χ4v) is 3.25. The number of thioether (sulfide) groups is 1. The van der Waals surface area contributed by atoms with Crippen LogP contribution in [0.4, 0.5) is 10.1 Å². The maximum atomic E-state index is 13.8. The molecule has 1 aliphatic heterocycles. The smallest absolute Gasteiger partial charge is 0.129 e. The molecule has 0 saturated carbocycles. The minimum absolute atomic E-state index is 0.109. The molecule has 1 aromatic carbocycles. The van der Waals surface area contributed by atoms with Gasteiger partial charge >= 0.3 is 0 Å². The molecule has 17 heavy (non-hydrogen) atoms. The Bertz CT molecular complexity index is 384. The van der Waals surface area contributed by atoms with Crippen LogP contribution in [-0.2, 0) is 6.54 Å². The van der Waals surface area contributed by atoms with Gasteiger partial charge in [0.25, 0.3) is 0 Å². The molecule has 0 bridgehead atoms. The number of halogens is 1. The third kappa shape index (κ3) is 2.93. The van der Waals surface area contributed by atoms with E-state index in [4.69, 9.17) is 0 Å². The summed E-state index contributed by atoms with van der Waals surface area (Å²) in [6.45, 7) is 4.83. The number of nitrogens with one attached hydrogen (secondary N) is 1. The van der Waals surface area contributed by atoms with Crippen molar-refractivity contribution in [1.82, 2.24) is 5.32 Å². The second-order valence-electron chi connectivity index (χ2n) is 4.40. The fraction of sp³-hybridized carbons (Fsp3) is 0.538. The second kappa shape index (κ2) is 5.74. The van der Waals surface area contributed by atoms with Gasteiger partial charge in [-0.15, -0.1) is 0 Å². The van der Waals surface area contributed by atoms with Crippen LogP contribution in [0, 0.1) is 5.82 Å². The minimum Gasteiger partial charge on any atom is -0.369 e. The Kier molecular flexibility index (Phi) is 4.29. The van der Waals surface area contributed by atoms with Gasteiger partial charge in [-0.1, -0.05) is 13.0 Å². The SMILES string of the molecule is CNCc1c(F)cccc1N1CCSC(C)C1. The van der Waals surface area contributed by atoms with Gasteiger partial charge in [0.2, 0.25) is 0 Å². The predicted octanol–water partition coefficient (Wildman–Crippen LogP) is 2.49. The third-order valence-electron chi connectivity index (χ3n) is 3.03. The molecule has 1 heterocycles. The van der Waals surface area contributed by atoms with Crippen LogP contribution in [0.1, 0.15) is 12.5 Å². The van der Waals surface area contributed by atoms with Gasteiger partial charge in [-0.05, 0) is 19.2 Å². The molecular formula is C13H19FN2S. The monoisotopic (exact) mass is 254 g/mol. The van der Waals surface area contributed by atoms with Crippen LogP contribution < -0.4 is 10.2 Å². The molecular weight excluding hydrogens is 235 g/mol. The van der Waals surface area contributed by atoms with Gasteiger partial charge in [0.1, 0.15) is 5.82 Å². The maximum absolute atomic E-state index is 13.8. The highest BCUT2D eigenvalue weighted by atomic mass is 32.2. The van der Waals surface area contributed by atoms with Crippen LogP contribution >= 0.6 is 11.8 Å². The molecule has 0 aromatic heterocycles. The molecule has 1 N–H and O–H groups in total. The van der Waals surface area contributed by atoms with E-state index in [2.05, 4.69) is 17.1 Å². The normalized spacial score (nSPS) is 20.6. The first kappa shape index (κ1) is 12.7. The summed E-state index contributed by atoms with van der Waals surface area (Å²) in [5.74, 6) is 1.01. The first-order chi connectivity index (χ1) is 8.22. The van der Waals surface area contributed by atoms with E-state index in [9.17, 15) is 4.39 Å². The van der Waals surface area contributed by atoms with E-state index >= 15 is 0 Å². The molecule has 94 valence electrons. The standard InChI is InChI=1S/C13H19FN2S/c1-10-9-16(6-7-17-10)13-5-3-4-12(14)11(13)8-15-2/h3-5,10,15H,6-9H2,1-2H3. The third-order valence-corrected chi connectivity index (χ3v) is 4.17. The number of hydrogen-bond acceptors (Lipinski definition) is 3. The quantitative estimate of drug-likeness (QED) is 0.892. The lowest BCUT2D eigenvalue weighted by Gasteiger charge is -2.34. The summed E-state index contributed by atoms with van der Waals surface area (Å²) in [6.07, 6.45) is 0. The molecule has 1 aliphatic rings. The van der Waals surface area contributed by atoms with Crippen molar-refractivity contribution in [2.45, 2.75) is 18.7 Å². The van der Waals surface area contributed by atoms with Gasteiger partial charge in [-0.25, -0.2) is 4.39 Å². The largest absolute Gasteiger partial charge is 0.369 e. The highest BCUT2D eigenvalue weighted by Crippen LogP contribution is 2.28. The van der Waals surface area contributed by atoms with E-state index in [1.54, 1.807) is 6.07 Å². The molecule has 1 unspecified atom stereocenters. The molecule has 1 aromatic rings. The second-order valence-corrected chi connectivity index (χ2v) is 5.94. The van der Waals surface area contributed by atoms with Gasteiger partial charge in [0.15, 0.2) is 0 Å². The van der Waals surface area contributed by atoms with Crippen molar-refractivity contribution in [2.24, 2.45) is 0 Å². The molecule has 0 spiro atoms. The first-order valence-corrected chi connectivity index (χ1v) is 7.05. The summed E-state index contributed by atoms with van der Waals surface area (Å²) < 4.78 is 13.8. The zero-order chi connectivity index (χ0) is 12.3. The lowest BCUT2D eigenvalue weighted by atomic mass is 10.1. The molecule has 1 atom stereocenters. The van der Waals surface area contributed by atoms with E-state index in [1.165, 1.54) is 6.07 Å². The van der Waals surface area contributed by atoms with E-state index in [0.29, 0.717) is 11.8 Å².